The number of anilines is 1. The Kier molecular flexibility index (Phi) is 5.05. The van der Waals surface area contributed by atoms with Gasteiger partial charge in [0, 0.05) is 11.3 Å². The third-order valence-electron chi connectivity index (χ3n) is 4.67. The van der Waals surface area contributed by atoms with E-state index in [2.05, 4.69) is 97.9 Å². The molecule has 0 unspecified atom stereocenters. The van der Waals surface area contributed by atoms with Gasteiger partial charge in [0.15, 0.2) is 0 Å². The zero-order valence-electron chi connectivity index (χ0n) is 15.3. The van der Waals surface area contributed by atoms with Crippen molar-refractivity contribution in [2.24, 2.45) is 0 Å². The standard InChI is InChI=1S/C25H22NP/c1-19-16-17-25(23(18-19)22-14-8-9-15-24(22)26)27(20-10-4-2-5-11-20)21-12-6-3-7-13-21/h2-18H,26H2,1H3. The van der Waals surface area contributed by atoms with Crippen LogP contribution in [0.5, 0.6) is 0 Å². The average Bonchev–Trinajstić information content (AvgIpc) is 2.71. The van der Waals surface area contributed by atoms with Crippen LogP contribution < -0.4 is 21.6 Å². The van der Waals surface area contributed by atoms with Gasteiger partial charge in [-0.25, -0.2) is 0 Å². The molecule has 0 fully saturated rings. The Morgan fingerprint density at radius 1 is 0.593 bits per heavy atom. The van der Waals surface area contributed by atoms with Gasteiger partial charge in [-0.15, -0.1) is 0 Å². The van der Waals surface area contributed by atoms with E-state index in [9.17, 15) is 0 Å². The van der Waals surface area contributed by atoms with Crippen LogP contribution in [0.3, 0.4) is 0 Å². The quantitative estimate of drug-likeness (QED) is 0.399. The van der Waals surface area contributed by atoms with E-state index < -0.39 is 7.92 Å². The molecule has 1 nitrogen and oxygen atoms in total. The highest BCUT2D eigenvalue weighted by atomic mass is 31.1. The molecule has 4 aromatic carbocycles. The topological polar surface area (TPSA) is 26.0 Å². The van der Waals surface area contributed by atoms with Crippen LogP contribution in [0.15, 0.2) is 103 Å². The van der Waals surface area contributed by atoms with E-state index in [1.54, 1.807) is 0 Å². The molecule has 0 bridgehead atoms. The van der Waals surface area contributed by atoms with Crippen LogP contribution >= 0.6 is 7.92 Å². The summed E-state index contributed by atoms with van der Waals surface area (Å²) in [6.07, 6.45) is 0. The van der Waals surface area contributed by atoms with Gasteiger partial charge in [-0.2, -0.15) is 0 Å². The first kappa shape index (κ1) is 17.5. The zero-order valence-corrected chi connectivity index (χ0v) is 16.2. The lowest BCUT2D eigenvalue weighted by Gasteiger charge is -2.23. The number of benzene rings is 4. The largest absolute Gasteiger partial charge is 0.398 e. The second-order valence-electron chi connectivity index (χ2n) is 6.61. The van der Waals surface area contributed by atoms with Crippen LogP contribution in [0.4, 0.5) is 5.69 Å². The number of para-hydroxylation sites is 1. The molecule has 0 radical (unpaired) electrons. The molecule has 0 saturated heterocycles. The fourth-order valence-electron chi connectivity index (χ4n) is 3.38. The molecule has 0 spiro atoms. The predicted molar refractivity (Wildman–Crippen MR) is 120 cm³/mol. The molecule has 27 heavy (non-hydrogen) atoms. The molecule has 0 aliphatic heterocycles. The highest BCUT2D eigenvalue weighted by Gasteiger charge is 2.20. The van der Waals surface area contributed by atoms with E-state index >= 15 is 0 Å². The van der Waals surface area contributed by atoms with Crippen LogP contribution in [0, 0.1) is 6.92 Å². The summed E-state index contributed by atoms with van der Waals surface area (Å²) >= 11 is 0. The van der Waals surface area contributed by atoms with Crippen molar-refractivity contribution < 1.29 is 0 Å². The van der Waals surface area contributed by atoms with Gasteiger partial charge >= 0.3 is 0 Å². The van der Waals surface area contributed by atoms with Gasteiger partial charge in [-0.05, 0) is 42.4 Å². The second kappa shape index (κ2) is 7.78. The van der Waals surface area contributed by atoms with Gasteiger partial charge in [-0.1, -0.05) is 103 Å². The van der Waals surface area contributed by atoms with Gasteiger partial charge in [0.05, 0.1) is 0 Å². The molecule has 2 heteroatoms. The molecule has 132 valence electrons. The molecule has 2 N–H and O–H groups in total. The zero-order chi connectivity index (χ0) is 18.6. The van der Waals surface area contributed by atoms with E-state index in [1.165, 1.54) is 27.0 Å². The second-order valence-corrected chi connectivity index (χ2v) is 8.80. The lowest BCUT2D eigenvalue weighted by molar-refractivity contribution is 1.48. The normalized spacial score (nSPS) is 10.9. The smallest absolute Gasteiger partial charge is 0.0393 e. The van der Waals surface area contributed by atoms with Crippen molar-refractivity contribution in [1.29, 1.82) is 0 Å². The van der Waals surface area contributed by atoms with Gasteiger partial charge in [-0.3, -0.25) is 0 Å². The van der Waals surface area contributed by atoms with Crippen molar-refractivity contribution >= 4 is 29.5 Å². The number of rotatable bonds is 4. The molecule has 4 aromatic rings. The van der Waals surface area contributed by atoms with E-state index in [0.717, 1.165) is 11.3 Å². The fraction of sp³-hybridized carbons (Fsp3) is 0.0400. The van der Waals surface area contributed by atoms with Crippen LogP contribution in [-0.2, 0) is 0 Å². The Labute approximate surface area is 162 Å². The molecular weight excluding hydrogens is 345 g/mol. The molecule has 0 amide bonds. The summed E-state index contributed by atoms with van der Waals surface area (Å²) in [5.74, 6) is 0. The summed E-state index contributed by atoms with van der Waals surface area (Å²) in [4.78, 5) is 0. The number of aryl methyl sites for hydroxylation is 1. The Morgan fingerprint density at radius 3 is 1.74 bits per heavy atom. The number of nitrogens with two attached hydrogens (primary N) is 1. The number of hydrogen-bond donors (Lipinski definition) is 1. The Bertz CT molecular complexity index is 1000. The van der Waals surface area contributed by atoms with E-state index in [1.807, 2.05) is 12.1 Å². The lowest BCUT2D eigenvalue weighted by atomic mass is 10.0. The van der Waals surface area contributed by atoms with Crippen molar-refractivity contribution in [3.8, 4) is 11.1 Å². The fourth-order valence-corrected chi connectivity index (χ4v) is 5.83. The Balaban J connectivity index is 1.98. The molecule has 0 heterocycles. The van der Waals surface area contributed by atoms with Crippen LogP contribution in [0.1, 0.15) is 5.56 Å². The molecule has 0 saturated carbocycles. The summed E-state index contributed by atoms with van der Waals surface area (Å²) in [6.45, 7) is 2.14. The SMILES string of the molecule is Cc1ccc(P(c2ccccc2)c2ccccc2)c(-c2ccccc2N)c1. The molecular formula is C25H22NP. The van der Waals surface area contributed by atoms with Crippen molar-refractivity contribution in [2.45, 2.75) is 6.92 Å². The monoisotopic (exact) mass is 367 g/mol. The Morgan fingerprint density at radius 2 is 1.15 bits per heavy atom. The van der Waals surface area contributed by atoms with E-state index in [4.69, 9.17) is 5.73 Å². The predicted octanol–water partition coefficient (Wildman–Crippen LogP) is 5.00. The minimum Gasteiger partial charge on any atom is -0.398 e. The maximum Gasteiger partial charge on any atom is 0.0393 e. The van der Waals surface area contributed by atoms with E-state index in [-0.39, 0.29) is 0 Å². The van der Waals surface area contributed by atoms with Gasteiger partial charge < -0.3 is 5.73 Å². The maximum absolute atomic E-state index is 6.36. The third-order valence-corrected chi connectivity index (χ3v) is 7.17. The van der Waals surface area contributed by atoms with Crippen LogP contribution in [0.25, 0.3) is 11.1 Å². The number of hydrogen-bond acceptors (Lipinski definition) is 1. The summed E-state index contributed by atoms with van der Waals surface area (Å²) in [6, 6.07) is 36.5. The first-order valence-electron chi connectivity index (χ1n) is 9.10. The highest BCUT2D eigenvalue weighted by Crippen LogP contribution is 2.38. The van der Waals surface area contributed by atoms with Crippen LogP contribution in [0.2, 0.25) is 0 Å². The maximum atomic E-state index is 6.36. The minimum absolute atomic E-state index is 0.671. The van der Waals surface area contributed by atoms with Crippen LogP contribution in [-0.4, -0.2) is 0 Å². The summed E-state index contributed by atoms with van der Waals surface area (Å²) in [5, 5.41) is 4.03. The average molecular weight is 367 g/mol. The third kappa shape index (κ3) is 3.65. The van der Waals surface area contributed by atoms with Gasteiger partial charge in [0.2, 0.25) is 0 Å². The Hall–Kier alpha value is -2.89. The van der Waals surface area contributed by atoms with Gasteiger partial charge in [0.1, 0.15) is 0 Å². The van der Waals surface area contributed by atoms with Gasteiger partial charge in [0.25, 0.3) is 0 Å². The lowest BCUT2D eigenvalue weighted by Crippen LogP contribution is -2.22. The minimum atomic E-state index is -0.671. The first-order chi connectivity index (χ1) is 13.2. The molecule has 0 aromatic heterocycles. The molecule has 0 aliphatic rings. The molecule has 4 rings (SSSR count). The summed E-state index contributed by atoms with van der Waals surface area (Å²) < 4.78 is 0. The number of nitrogen functional groups attached to an aromatic ring is 1. The molecule has 0 aliphatic carbocycles. The van der Waals surface area contributed by atoms with Crippen molar-refractivity contribution in [3.63, 3.8) is 0 Å². The summed E-state index contributed by atoms with van der Waals surface area (Å²) in [5.41, 5.74) is 10.8. The highest BCUT2D eigenvalue weighted by molar-refractivity contribution is 7.80. The molecule has 0 atom stereocenters. The van der Waals surface area contributed by atoms with Crippen molar-refractivity contribution in [1.82, 2.24) is 0 Å². The van der Waals surface area contributed by atoms with Crippen molar-refractivity contribution in [2.75, 3.05) is 5.73 Å². The van der Waals surface area contributed by atoms with Crippen molar-refractivity contribution in [3.05, 3.63) is 109 Å². The summed E-state index contributed by atoms with van der Waals surface area (Å²) in [7, 11) is -0.671. The van der Waals surface area contributed by atoms with E-state index in [0.29, 0.717) is 0 Å². The first-order valence-corrected chi connectivity index (χ1v) is 10.4.